The maximum atomic E-state index is 13.8. The number of rotatable bonds is 5. The van der Waals surface area contributed by atoms with Gasteiger partial charge in [0.25, 0.3) is 0 Å². The Labute approximate surface area is 136 Å². The molecule has 1 N–H and O–H groups in total. The van der Waals surface area contributed by atoms with Crippen LogP contribution in [0.3, 0.4) is 0 Å². The van der Waals surface area contributed by atoms with Crippen molar-refractivity contribution >= 4 is 17.5 Å². The number of anilines is 1. The lowest BCUT2D eigenvalue weighted by Gasteiger charge is -2.21. The number of hydrogen-bond donors (Lipinski definition) is 1. The quantitative estimate of drug-likeness (QED) is 0.913. The maximum Gasteiger partial charge on any atom is 0.240 e. The van der Waals surface area contributed by atoms with Crippen LogP contribution in [0.25, 0.3) is 0 Å². The van der Waals surface area contributed by atoms with Gasteiger partial charge in [-0.15, -0.1) is 0 Å². The lowest BCUT2D eigenvalue weighted by Crippen LogP contribution is -2.40. The van der Waals surface area contributed by atoms with Gasteiger partial charge in [0.05, 0.1) is 0 Å². The Bertz CT molecular complexity index is 728. The van der Waals surface area contributed by atoms with E-state index in [9.17, 15) is 22.8 Å². The summed E-state index contributed by atoms with van der Waals surface area (Å²) < 4.78 is 40.4. The summed E-state index contributed by atoms with van der Waals surface area (Å²) >= 11 is 0. The van der Waals surface area contributed by atoms with Crippen LogP contribution in [-0.4, -0.2) is 18.4 Å². The highest BCUT2D eigenvalue weighted by molar-refractivity contribution is 5.97. The summed E-state index contributed by atoms with van der Waals surface area (Å²) in [6, 6.07) is 8.66. The van der Waals surface area contributed by atoms with Crippen LogP contribution in [0.1, 0.15) is 12.5 Å². The smallest absolute Gasteiger partial charge is 0.240 e. The predicted molar refractivity (Wildman–Crippen MR) is 82.6 cm³/mol. The van der Waals surface area contributed by atoms with Gasteiger partial charge in [-0.2, -0.15) is 0 Å². The molecule has 0 radical (unpaired) electrons. The van der Waals surface area contributed by atoms with Crippen LogP contribution in [0.5, 0.6) is 0 Å². The molecule has 2 rings (SSSR count). The standard InChI is InChI=1S/C17H15F3N2O2/c1-11(23)22(17-14(19)3-2-4-15(17)20)10-16(24)21-9-12-5-7-13(18)8-6-12/h2-8H,9-10H2,1H3,(H,21,24). The molecule has 0 aliphatic heterocycles. The second-order valence-corrected chi connectivity index (χ2v) is 5.08. The Hall–Kier alpha value is -2.83. The molecule has 0 aliphatic rings. The third-order valence-electron chi connectivity index (χ3n) is 3.29. The molecule has 2 aromatic carbocycles. The van der Waals surface area contributed by atoms with Gasteiger partial charge < -0.3 is 5.32 Å². The van der Waals surface area contributed by atoms with Crippen molar-refractivity contribution in [3.05, 3.63) is 65.5 Å². The first-order valence-electron chi connectivity index (χ1n) is 7.11. The minimum Gasteiger partial charge on any atom is -0.350 e. The SMILES string of the molecule is CC(=O)N(CC(=O)NCc1ccc(F)cc1)c1c(F)cccc1F. The van der Waals surface area contributed by atoms with E-state index in [1.165, 1.54) is 30.3 Å². The van der Waals surface area contributed by atoms with Crippen LogP contribution in [0, 0.1) is 17.5 Å². The Morgan fingerprint density at radius 2 is 1.58 bits per heavy atom. The molecular formula is C17H15F3N2O2. The van der Waals surface area contributed by atoms with E-state index in [0.717, 1.165) is 24.0 Å². The molecule has 0 spiro atoms. The molecule has 0 aliphatic carbocycles. The van der Waals surface area contributed by atoms with Gasteiger partial charge in [0.1, 0.15) is 29.7 Å². The largest absolute Gasteiger partial charge is 0.350 e. The van der Waals surface area contributed by atoms with Crippen LogP contribution in [0.4, 0.5) is 18.9 Å². The fourth-order valence-electron chi connectivity index (χ4n) is 2.10. The average molecular weight is 336 g/mol. The molecule has 2 amide bonds. The van der Waals surface area contributed by atoms with E-state index in [1.54, 1.807) is 0 Å². The highest BCUT2D eigenvalue weighted by atomic mass is 19.1. The normalized spacial score (nSPS) is 10.3. The van der Waals surface area contributed by atoms with Crippen LogP contribution < -0.4 is 10.2 Å². The van der Waals surface area contributed by atoms with Gasteiger partial charge in [-0.05, 0) is 29.8 Å². The second-order valence-electron chi connectivity index (χ2n) is 5.08. The van der Waals surface area contributed by atoms with Crippen molar-refractivity contribution in [3.8, 4) is 0 Å². The average Bonchev–Trinajstić information content (AvgIpc) is 2.53. The molecule has 0 bridgehead atoms. The van der Waals surface area contributed by atoms with Crippen LogP contribution in [0.2, 0.25) is 0 Å². The van der Waals surface area contributed by atoms with Crippen molar-refractivity contribution in [2.24, 2.45) is 0 Å². The fraction of sp³-hybridized carbons (Fsp3) is 0.176. The Kier molecular flexibility index (Phi) is 5.57. The Morgan fingerprint density at radius 3 is 2.12 bits per heavy atom. The minimum atomic E-state index is -0.934. The van der Waals surface area contributed by atoms with E-state index in [-0.39, 0.29) is 6.54 Å². The summed E-state index contributed by atoms with van der Waals surface area (Å²) in [7, 11) is 0. The van der Waals surface area contributed by atoms with Crippen molar-refractivity contribution in [2.45, 2.75) is 13.5 Å². The molecule has 4 nitrogen and oxygen atoms in total. The first-order chi connectivity index (χ1) is 11.4. The van der Waals surface area contributed by atoms with Crippen LogP contribution >= 0.6 is 0 Å². The first-order valence-corrected chi connectivity index (χ1v) is 7.11. The van der Waals surface area contributed by atoms with E-state index in [1.807, 2.05) is 0 Å². The Balaban J connectivity index is 2.06. The van der Waals surface area contributed by atoms with Crippen molar-refractivity contribution < 1.29 is 22.8 Å². The molecular weight excluding hydrogens is 321 g/mol. The molecule has 24 heavy (non-hydrogen) atoms. The zero-order valence-corrected chi connectivity index (χ0v) is 12.9. The summed E-state index contributed by atoms with van der Waals surface area (Å²) in [5.74, 6) is -3.54. The number of para-hydroxylation sites is 1. The summed E-state index contributed by atoms with van der Waals surface area (Å²) in [6.07, 6.45) is 0. The fourth-order valence-corrected chi connectivity index (χ4v) is 2.10. The maximum absolute atomic E-state index is 13.8. The van der Waals surface area contributed by atoms with Crippen molar-refractivity contribution in [2.75, 3.05) is 11.4 Å². The number of halogens is 3. The van der Waals surface area contributed by atoms with Gasteiger partial charge in [-0.3, -0.25) is 14.5 Å². The summed E-state index contributed by atoms with van der Waals surface area (Å²) in [5, 5.41) is 2.51. The van der Waals surface area contributed by atoms with Crippen molar-refractivity contribution in [1.82, 2.24) is 5.32 Å². The van der Waals surface area contributed by atoms with Gasteiger partial charge in [0.2, 0.25) is 11.8 Å². The minimum absolute atomic E-state index is 0.102. The number of carbonyl (C=O) groups is 2. The number of nitrogens with zero attached hydrogens (tertiary/aromatic N) is 1. The molecule has 0 heterocycles. The molecule has 0 saturated heterocycles. The monoisotopic (exact) mass is 336 g/mol. The molecule has 2 aromatic rings. The number of nitrogens with one attached hydrogen (secondary N) is 1. The van der Waals surface area contributed by atoms with Crippen molar-refractivity contribution in [1.29, 1.82) is 0 Å². The number of carbonyl (C=O) groups excluding carboxylic acids is 2. The lowest BCUT2D eigenvalue weighted by atomic mass is 10.2. The van der Waals surface area contributed by atoms with Crippen molar-refractivity contribution in [3.63, 3.8) is 0 Å². The predicted octanol–water partition coefficient (Wildman–Crippen LogP) is 2.77. The second kappa shape index (κ2) is 7.63. The number of hydrogen-bond acceptors (Lipinski definition) is 2. The van der Waals surface area contributed by atoms with E-state index in [0.29, 0.717) is 5.56 Å². The summed E-state index contributed by atoms with van der Waals surface area (Å²) in [4.78, 5) is 24.4. The summed E-state index contributed by atoms with van der Waals surface area (Å²) in [6.45, 7) is 0.679. The topological polar surface area (TPSA) is 49.4 Å². The molecule has 7 heteroatoms. The van der Waals surface area contributed by atoms with E-state index in [2.05, 4.69) is 5.32 Å². The zero-order valence-electron chi connectivity index (χ0n) is 12.9. The van der Waals surface area contributed by atoms with Gasteiger partial charge in [0.15, 0.2) is 0 Å². The molecule has 0 aromatic heterocycles. The lowest BCUT2D eigenvalue weighted by molar-refractivity contribution is -0.123. The van der Waals surface area contributed by atoms with E-state index < -0.39 is 41.5 Å². The third kappa shape index (κ3) is 4.34. The molecule has 0 saturated carbocycles. The van der Waals surface area contributed by atoms with E-state index in [4.69, 9.17) is 0 Å². The Morgan fingerprint density at radius 1 is 1.00 bits per heavy atom. The van der Waals surface area contributed by atoms with Gasteiger partial charge in [0, 0.05) is 13.5 Å². The molecule has 0 unspecified atom stereocenters. The van der Waals surface area contributed by atoms with Gasteiger partial charge >= 0.3 is 0 Å². The van der Waals surface area contributed by atoms with Crippen LogP contribution in [0.15, 0.2) is 42.5 Å². The number of benzene rings is 2. The number of amides is 2. The first kappa shape index (κ1) is 17.5. The molecule has 126 valence electrons. The zero-order chi connectivity index (χ0) is 17.7. The summed E-state index contributed by atoms with van der Waals surface area (Å²) in [5.41, 5.74) is 0.0816. The third-order valence-corrected chi connectivity index (χ3v) is 3.29. The molecule has 0 fully saturated rings. The van der Waals surface area contributed by atoms with Gasteiger partial charge in [-0.1, -0.05) is 18.2 Å². The highest BCUT2D eigenvalue weighted by Gasteiger charge is 2.22. The van der Waals surface area contributed by atoms with E-state index >= 15 is 0 Å². The van der Waals surface area contributed by atoms with Crippen LogP contribution in [-0.2, 0) is 16.1 Å². The van der Waals surface area contributed by atoms with Gasteiger partial charge in [-0.25, -0.2) is 13.2 Å². The highest BCUT2D eigenvalue weighted by Crippen LogP contribution is 2.23. The molecule has 0 atom stereocenters.